The molecule has 0 radical (unpaired) electrons. The SMILES string of the molecule is Cc1cc2nc3c(=O)[nH]c(=O)nc-3n(CCNCCP(=O)(O)O)c2cc1C. The predicted molar refractivity (Wildman–Crippen MR) is 100 cm³/mol. The van der Waals surface area contributed by atoms with Crippen molar-refractivity contribution in [2.45, 2.75) is 20.4 Å². The molecular formula is C16H20N5O5P. The number of rotatable bonds is 6. The van der Waals surface area contributed by atoms with Crippen LogP contribution in [0.4, 0.5) is 0 Å². The van der Waals surface area contributed by atoms with Crippen LogP contribution in [-0.2, 0) is 11.1 Å². The largest absolute Gasteiger partial charge is 0.349 e. The van der Waals surface area contributed by atoms with Gasteiger partial charge in [0, 0.05) is 19.6 Å². The molecule has 10 nitrogen and oxygen atoms in total. The minimum atomic E-state index is -4.06. The summed E-state index contributed by atoms with van der Waals surface area (Å²) in [5, 5.41) is 2.95. The molecule has 0 bridgehead atoms. The molecule has 0 atom stereocenters. The molecule has 0 aliphatic carbocycles. The highest BCUT2D eigenvalue weighted by Gasteiger charge is 2.19. The maximum absolute atomic E-state index is 12.2. The first-order valence-electron chi connectivity index (χ1n) is 8.33. The zero-order valence-corrected chi connectivity index (χ0v) is 15.8. The standard InChI is InChI=1S/C16H20N5O5P/c1-9-7-11-12(8-10(9)2)21(5-3-17-4-6-27(24,25)26)14-13(18-11)15(22)20-16(23)19-14/h7-8,17H,3-6H2,1-2H3,(H,20,22,23)(H2,24,25,26). The number of aryl methyl sites for hydroxylation is 2. The van der Waals surface area contributed by atoms with E-state index >= 15 is 0 Å². The van der Waals surface area contributed by atoms with Gasteiger partial charge in [0.15, 0.2) is 11.5 Å². The first kappa shape index (κ1) is 19.4. The van der Waals surface area contributed by atoms with Gasteiger partial charge in [-0.2, -0.15) is 4.98 Å². The summed E-state index contributed by atoms with van der Waals surface area (Å²) in [6.45, 7) is 4.75. The van der Waals surface area contributed by atoms with Gasteiger partial charge < -0.3 is 19.7 Å². The van der Waals surface area contributed by atoms with Gasteiger partial charge in [-0.25, -0.2) is 9.78 Å². The Morgan fingerprint density at radius 3 is 2.56 bits per heavy atom. The summed E-state index contributed by atoms with van der Waals surface area (Å²) in [6.07, 6.45) is -0.267. The molecule has 11 heteroatoms. The van der Waals surface area contributed by atoms with E-state index in [1.165, 1.54) is 0 Å². The summed E-state index contributed by atoms with van der Waals surface area (Å²) in [5.74, 6) is 0.177. The third-order valence-corrected chi connectivity index (χ3v) is 5.12. The topological polar surface area (TPSA) is 150 Å². The van der Waals surface area contributed by atoms with E-state index < -0.39 is 18.8 Å². The van der Waals surface area contributed by atoms with Crippen molar-refractivity contribution in [2.24, 2.45) is 0 Å². The van der Waals surface area contributed by atoms with E-state index in [4.69, 9.17) is 9.79 Å². The smallest absolute Gasteiger partial charge is 0.324 e. The zero-order chi connectivity index (χ0) is 19.8. The number of nitrogens with zero attached hydrogens (tertiary/aromatic N) is 3. The highest BCUT2D eigenvalue weighted by atomic mass is 31.2. The summed E-state index contributed by atoms with van der Waals surface area (Å²) >= 11 is 0. The minimum Gasteiger partial charge on any atom is -0.324 e. The van der Waals surface area contributed by atoms with Gasteiger partial charge >= 0.3 is 13.3 Å². The van der Waals surface area contributed by atoms with Crippen LogP contribution < -0.4 is 16.6 Å². The van der Waals surface area contributed by atoms with Crippen molar-refractivity contribution in [1.29, 1.82) is 0 Å². The van der Waals surface area contributed by atoms with Crippen LogP contribution in [0.15, 0.2) is 21.7 Å². The summed E-state index contributed by atoms with van der Waals surface area (Å²) in [4.78, 5) is 52.1. The van der Waals surface area contributed by atoms with Crippen molar-refractivity contribution < 1.29 is 14.4 Å². The Bertz CT molecular complexity index is 1130. The van der Waals surface area contributed by atoms with E-state index in [1.54, 1.807) is 4.57 Å². The van der Waals surface area contributed by atoms with Gasteiger partial charge in [0.25, 0.3) is 5.56 Å². The lowest BCUT2D eigenvalue weighted by Crippen LogP contribution is -2.30. The fourth-order valence-corrected chi connectivity index (χ4v) is 3.27. The maximum Gasteiger partial charge on any atom is 0.349 e. The van der Waals surface area contributed by atoms with Crippen LogP contribution in [0.25, 0.3) is 22.6 Å². The van der Waals surface area contributed by atoms with Crippen LogP contribution in [0.1, 0.15) is 11.1 Å². The Morgan fingerprint density at radius 1 is 1.15 bits per heavy atom. The van der Waals surface area contributed by atoms with Gasteiger partial charge in [-0.15, -0.1) is 0 Å². The molecule has 0 fully saturated rings. The Balaban J connectivity index is 2.04. The molecule has 0 spiro atoms. The monoisotopic (exact) mass is 393 g/mol. The second-order valence-corrected chi connectivity index (χ2v) is 8.15. The van der Waals surface area contributed by atoms with Crippen molar-refractivity contribution in [3.05, 3.63) is 44.1 Å². The average Bonchev–Trinajstić information content (AvgIpc) is 2.55. The number of fused-ring (bicyclic) bond motifs is 2. The van der Waals surface area contributed by atoms with E-state index in [0.717, 1.165) is 16.6 Å². The summed E-state index contributed by atoms with van der Waals surface area (Å²) in [6, 6.07) is 3.78. The fourth-order valence-electron chi connectivity index (χ4n) is 2.82. The molecule has 1 aromatic carbocycles. The summed E-state index contributed by atoms with van der Waals surface area (Å²) in [5.41, 5.74) is 2.09. The second kappa shape index (κ2) is 7.32. The zero-order valence-electron chi connectivity index (χ0n) is 14.9. The lowest BCUT2D eigenvalue weighted by atomic mass is 10.1. The van der Waals surface area contributed by atoms with Gasteiger partial charge in [0.2, 0.25) is 0 Å². The van der Waals surface area contributed by atoms with E-state index in [1.807, 2.05) is 26.0 Å². The second-order valence-electron chi connectivity index (χ2n) is 6.37. The van der Waals surface area contributed by atoms with Crippen molar-refractivity contribution in [1.82, 2.24) is 24.8 Å². The summed E-state index contributed by atoms with van der Waals surface area (Å²) < 4.78 is 12.6. The molecule has 0 aromatic heterocycles. The van der Waals surface area contributed by atoms with E-state index in [-0.39, 0.29) is 24.2 Å². The molecule has 144 valence electrons. The number of aromatic nitrogens is 4. The van der Waals surface area contributed by atoms with Crippen LogP contribution in [0, 0.1) is 13.8 Å². The van der Waals surface area contributed by atoms with Crippen LogP contribution >= 0.6 is 7.60 Å². The Morgan fingerprint density at radius 2 is 1.85 bits per heavy atom. The third-order valence-electron chi connectivity index (χ3n) is 4.32. The Hall–Kier alpha value is -2.39. The molecule has 2 aliphatic heterocycles. The van der Waals surface area contributed by atoms with Crippen LogP contribution in [0.5, 0.6) is 0 Å². The lowest BCUT2D eigenvalue weighted by molar-refractivity contribution is 0.371. The van der Waals surface area contributed by atoms with Crippen LogP contribution in [-0.4, -0.2) is 48.6 Å². The molecule has 3 rings (SSSR count). The van der Waals surface area contributed by atoms with Crippen molar-refractivity contribution in [2.75, 3.05) is 19.3 Å². The third kappa shape index (κ3) is 4.30. The number of nitrogens with one attached hydrogen (secondary N) is 2. The highest BCUT2D eigenvalue weighted by Crippen LogP contribution is 2.32. The predicted octanol–water partition coefficient (Wildman–Crippen LogP) is -0.0313. The number of benzene rings is 1. The number of H-pyrrole nitrogens is 1. The van der Waals surface area contributed by atoms with E-state index in [0.29, 0.717) is 18.6 Å². The number of aromatic amines is 1. The average molecular weight is 393 g/mol. The van der Waals surface area contributed by atoms with E-state index in [2.05, 4.69) is 20.3 Å². The van der Waals surface area contributed by atoms with Crippen molar-refractivity contribution in [3.8, 4) is 11.5 Å². The molecule has 2 heterocycles. The van der Waals surface area contributed by atoms with Crippen LogP contribution in [0.2, 0.25) is 0 Å². The molecule has 1 aromatic rings. The maximum atomic E-state index is 12.2. The van der Waals surface area contributed by atoms with Gasteiger partial charge in [0.1, 0.15) is 0 Å². The first-order valence-corrected chi connectivity index (χ1v) is 10.1. The normalized spacial score (nSPS) is 12.1. The molecular weight excluding hydrogens is 373 g/mol. The fraction of sp³-hybridized carbons (Fsp3) is 0.375. The minimum absolute atomic E-state index is 0.0700. The lowest BCUT2D eigenvalue weighted by Gasteiger charge is -2.18. The quantitative estimate of drug-likeness (QED) is 0.259. The molecule has 27 heavy (non-hydrogen) atoms. The van der Waals surface area contributed by atoms with Gasteiger partial charge in [-0.1, -0.05) is 0 Å². The highest BCUT2D eigenvalue weighted by molar-refractivity contribution is 7.51. The molecule has 0 saturated heterocycles. The summed E-state index contributed by atoms with van der Waals surface area (Å²) in [7, 11) is -4.06. The van der Waals surface area contributed by atoms with Crippen LogP contribution in [0.3, 0.4) is 0 Å². The molecule has 4 N–H and O–H groups in total. The molecule has 0 amide bonds. The van der Waals surface area contributed by atoms with Gasteiger partial charge in [0.05, 0.1) is 17.2 Å². The Kier molecular flexibility index (Phi) is 5.25. The van der Waals surface area contributed by atoms with E-state index in [9.17, 15) is 14.2 Å². The van der Waals surface area contributed by atoms with Gasteiger partial charge in [-0.3, -0.25) is 14.3 Å². The van der Waals surface area contributed by atoms with Gasteiger partial charge in [-0.05, 0) is 37.1 Å². The van der Waals surface area contributed by atoms with Crippen molar-refractivity contribution >= 4 is 18.6 Å². The molecule has 2 aliphatic rings. The molecule has 0 unspecified atom stereocenters. The Labute approximate surface area is 153 Å². The number of hydrogen-bond acceptors (Lipinski definition) is 6. The van der Waals surface area contributed by atoms with Crippen molar-refractivity contribution in [3.63, 3.8) is 0 Å². The number of hydrogen-bond donors (Lipinski definition) is 4. The first-order chi connectivity index (χ1) is 12.7. The molecule has 0 saturated carbocycles.